The van der Waals surface area contributed by atoms with Crippen molar-refractivity contribution in [1.29, 1.82) is 5.26 Å². The van der Waals surface area contributed by atoms with Crippen LogP contribution in [0.3, 0.4) is 0 Å². The average molecular weight is 496 g/mol. The Bertz CT molecular complexity index is 1170. The van der Waals surface area contributed by atoms with Gasteiger partial charge in [0.05, 0.1) is 29.5 Å². The molecule has 6 heteroatoms. The number of methoxy groups -OCH3 is 1. The van der Waals surface area contributed by atoms with E-state index in [1.165, 1.54) is 10.9 Å². The number of aliphatic hydroxyl groups is 1. The molecule has 1 aromatic carbocycles. The molecular formula is C26H30BrN3O2. The van der Waals surface area contributed by atoms with Crippen molar-refractivity contribution >= 4 is 26.8 Å². The molecule has 0 aliphatic heterocycles. The molecule has 0 spiro atoms. The molecule has 1 aliphatic rings. The molecule has 1 saturated carbocycles. The molecule has 1 N–H and O–H groups in total. The summed E-state index contributed by atoms with van der Waals surface area (Å²) in [5.74, 6) is 0.101. The first kappa shape index (κ1) is 23.0. The van der Waals surface area contributed by atoms with Gasteiger partial charge in [-0.15, -0.1) is 0 Å². The van der Waals surface area contributed by atoms with Gasteiger partial charge in [-0.05, 0) is 67.5 Å². The molecule has 2 aromatic heterocycles. The Hall–Kier alpha value is -2.20. The number of aromatic nitrogens is 2. The number of nitrogens with zero attached hydrogens (tertiary/aromatic N) is 3. The summed E-state index contributed by atoms with van der Waals surface area (Å²) in [6.45, 7) is 6.30. The van der Waals surface area contributed by atoms with Crippen molar-refractivity contribution in [2.24, 2.45) is 11.3 Å². The Balaban J connectivity index is 2.05. The Morgan fingerprint density at radius 2 is 2.09 bits per heavy atom. The smallest absolute Gasteiger partial charge is 0.0969 e. The van der Waals surface area contributed by atoms with Crippen molar-refractivity contribution in [3.8, 4) is 17.3 Å². The third kappa shape index (κ3) is 4.10. The second-order valence-corrected chi connectivity index (χ2v) is 10.5. The Labute approximate surface area is 198 Å². The number of hydrogen-bond donors (Lipinski definition) is 1. The molecule has 0 bridgehead atoms. The molecule has 168 valence electrons. The predicted octanol–water partition coefficient (Wildman–Crippen LogP) is 6.21. The molecule has 5 nitrogen and oxygen atoms in total. The van der Waals surface area contributed by atoms with E-state index in [1.807, 2.05) is 19.2 Å². The molecule has 1 aliphatic carbocycles. The van der Waals surface area contributed by atoms with E-state index >= 15 is 0 Å². The number of ether oxygens (including phenoxy) is 1. The van der Waals surface area contributed by atoms with Crippen molar-refractivity contribution in [2.75, 3.05) is 13.7 Å². The number of rotatable bonds is 7. The number of aliphatic hydroxyl groups excluding tert-OH is 1. The van der Waals surface area contributed by atoms with Crippen molar-refractivity contribution in [2.45, 2.75) is 52.2 Å². The first-order chi connectivity index (χ1) is 15.3. The fraction of sp³-hybridized carbons (Fsp3) is 0.462. The summed E-state index contributed by atoms with van der Waals surface area (Å²) >= 11 is 3.66. The van der Waals surface area contributed by atoms with Gasteiger partial charge in [-0.25, -0.2) is 0 Å². The Morgan fingerprint density at radius 3 is 2.75 bits per heavy atom. The van der Waals surface area contributed by atoms with Crippen LogP contribution >= 0.6 is 15.9 Å². The number of nitriles is 1. The first-order valence-corrected chi connectivity index (χ1v) is 11.9. The van der Waals surface area contributed by atoms with Crippen LogP contribution in [0.2, 0.25) is 0 Å². The third-order valence-corrected chi connectivity index (χ3v) is 7.14. The van der Waals surface area contributed by atoms with E-state index in [-0.39, 0.29) is 30.1 Å². The minimum absolute atomic E-state index is 0.0986. The zero-order valence-corrected chi connectivity index (χ0v) is 20.7. The zero-order valence-electron chi connectivity index (χ0n) is 19.1. The normalized spacial score (nSPS) is 19.5. The van der Waals surface area contributed by atoms with Crippen LogP contribution in [0.4, 0.5) is 0 Å². The lowest BCUT2D eigenvalue weighted by Crippen LogP contribution is -2.27. The van der Waals surface area contributed by atoms with Crippen LogP contribution in [0.1, 0.15) is 57.0 Å². The quantitative estimate of drug-likeness (QED) is 0.422. The standard InChI is InChI=1S/C26H30BrN3O2/c1-16(32-4)24-20(6-5-9-29-24)25-22(13-26(2,3)15-31)21-12-18(27)7-8-23(21)30(25)19-10-17(11-19)14-28/h5-9,12,16-17,19,31H,10-11,13,15H2,1-4H3/t16-,17?,19?/m1/s1. The fourth-order valence-corrected chi connectivity index (χ4v) is 5.06. The summed E-state index contributed by atoms with van der Waals surface area (Å²) in [6.07, 6.45) is 4.08. The molecule has 0 amide bonds. The maximum absolute atomic E-state index is 10.1. The van der Waals surface area contributed by atoms with E-state index in [2.05, 4.69) is 64.7 Å². The van der Waals surface area contributed by atoms with Crippen LogP contribution in [0.25, 0.3) is 22.2 Å². The monoisotopic (exact) mass is 495 g/mol. The molecule has 0 radical (unpaired) electrons. The van der Waals surface area contributed by atoms with E-state index < -0.39 is 0 Å². The van der Waals surface area contributed by atoms with Gasteiger partial charge < -0.3 is 14.4 Å². The van der Waals surface area contributed by atoms with Gasteiger partial charge in [-0.2, -0.15) is 5.26 Å². The Kier molecular flexibility index (Phi) is 6.44. The van der Waals surface area contributed by atoms with Gasteiger partial charge in [-0.1, -0.05) is 29.8 Å². The summed E-state index contributed by atoms with van der Waals surface area (Å²) in [6, 6.07) is 13.2. The highest BCUT2D eigenvalue weighted by molar-refractivity contribution is 9.10. The molecule has 2 heterocycles. The van der Waals surface area contributed by atoms with Crippen molar-refractivity contribution < 1.29 is 9.84 Å². The largest absolute Gasteiger partial charge is 0.396 e. The topological polar surface area (TPSA) is 71.1 Å². The second-order valence-electron chi connectivity index (χ2n) is 9.62. The number of benzene rings is 1. The van der Waals surface area contributed by atoms with Gasteiger partial charge in [0.15, 0.2) is 0 Å². The van der Waals surface area contributed by atoms with E-state index in [0.717, 1.165) is 46.2 Å². The SMILES string of the molecule is CO[C@H](C)c1ncccc1-c1c(CC(C)(C)CO)c2cc(Br)ccc2n1C1CC(C#N)C1. The van der Waals surface area contributed by atoms with Crippen molar-refractivity contribution in [1.82, 2.24) is 9.55 Å². The number of fused-ring (bicyclic) bond motifs is 1. The molecule has 0 unspecified atom stereocenters. The molecule has 3 aromatic rings. The van der Waals surface area contributed by atoms with E-state index in [4.69, 9.17) is 9.72 Å². The molecule has 0 saturated heterocycles. The lowest BCUT2D eigenvalue weighted by atomic mass is 9.80. The molecule has 4 rings (SSSR count). The number of halogens is 1. The van der Waals surface area contributed by atoms with Crippen LogP contribution in [-0.4, -0.2) is 28.4 Å². The molecule has 1 fully saturated rings. The summed E-state index contributed by atoms with van der Waals surface area (Å²) < 4.78 is 9.11. The zero-order chi connectivity index (χ0) is 23.0. The van der Waals surface area contributed by atoms with Crippen LogP contribution in [0.5, 0.6) is 0 Å². The highest BCUT2D eigenvalue weighted by Gasteiger charge is 2.36. The molecule has 32 heavy (non-hydrogen) atoms. The highest BCUT2D eigenvalue weighted by Crippen LogP contribution is 2.47. The first-order valence-electron chi connectivity index (χ1n) is 11.1. The summed E-state index contributed by atoms with van der Waals surface area (Å²) in [7, 11) is 1.70. The highest BCUT2D eigenvalue weighted by atomic mass is 79.9. The van der Waals surface area contributed by atoms with Crippen molar-refractivity contribution in [3.05, 3.63) is 52.3 Å². The van der Waals surface area contributed by atoms with Gasteiger partial charge in [0.2, 0.25) is 0 Å². The maximum Gasteiger partial charge on any atom is 0.0969 e. The Morgan fingerprint density at radius 1 is 1.34 bits per heavy atom. The van der Waals surface area contributed by atoms with E-state index in [1.54, 1.807) is 7.11 Å². The lowest BCUT2D eigenvalue weighted by molar-refractivity contribution is 0.116. The summed E-state index contributed by atoms with van der Waals surface area (Å²) in [5, 5.41) is 20.7. The summed E-state index contributed by atoms with van der Waals surface area (Å²) in [5.41, 5.74) is 5.18. The number of pyridine rings is 1. The van der Waals surface area contributed by atoms with Crippen LogP contribution in [0, 0.1) is 22.7 Å². The van der Waals surface area contributed by atoms with Gasteiger partial charge in [0, 0.05) is 46.9 Å². The predicted molar refractivity (Wildman–Crippen MR) is 130 cm³/mol. The average Bonchev–Trinajstić information content (AvgIpc) is 3.05. The minimum Gasteiger partial charge on any atom is -0.396 e. The summed E-state index contributed by atoms with van der Waals surface area (Å²) in [4.78, 5) is 4.70. The molecular weight excluding hydrogens is 466 g/mol. The maximum atomic E-state index is 10.1. The second kappa shape index (κ2) is 8.97. The fourth-order valence-electron chi connectivity index (χ4n) is 4.70. The third-order valence-electron chi connectivity index (χ3n) is 6.65. The van der Waals surface area contributed by atoms with Gasteiger partial charge >= 0.3 is 0 Å². The number of hydrogen-bond acceptors (Lipinski definition) is 4. The van der Waals surface area contributed by atoms with Crippen LogP contribution < -0.4 is 0 Å². The van der Waals surface area contributed by atoms with E-state index in [9.17, 15) is 10.4 Å². The van der Waals surface area contributed by atoms with Crippen LogP contribution in [0.15, 0.2) is 41.0 Å². The van der Waals surface area contributed by atoms with Crippen LogP contribution in [-0.2, 0) is 11.2 Å². The van der Waals surface area contributed by atoms with Gasteiger partial charge in [-0.3, -0.25) is 4.98 Å². The van der Waals surface area contributed by atoms with Crippen molar-refractivity contribution in [3.63, 3.8) is 0 Å². The van der Waals surface area contributed by atoms with Gasteiger partial charge in [0.1, 0.15) is 0 Å². The van der Waals surface area contributed by atoms with Gasteiger partial charge in [0.25, 0.3) is 0 Å². The van der Waals surface area contributed by atoms with E-state index in [0.29, 0.717) is 0 Å². The molecule has 1 atom stereocenters. The minimum atomic E-state index is -0.278. The lowest BCUT2D eigenvalue weighted by Gasteiger charge is -2.35.